The number of pyridine rings is 2. The van der Waals surface area contributed by atoms with Crippen LogP contribution < -0.4 is 0 Å². The van der Waals surface area contributed by atoms with Crippen molar-refractivity contribution in [3.05, 3.63) is 77.6 Å². The molecule has 0 radical (unpaired) electrons. The third-order valence-electron chi connectivity index (χ3n) is 5.27. The first kappa shape index (κ1) is 18.3. The molecule has 0 aliphatic heterocycles. The highest BCUT2D eigenvalue weighted by atomic mass is 14.8. The van der Waals surface area contributed by atoms with Gasteiger partial charge in [-0.25, -0.2) is 4.98 Å². The predicted molar refractivity (Wildman–Crippen MR) is 119 cm³/mol. The Morgan fingerprint density at radius 3 is 2.14 bits per heavy atom. The van der Waals surface area contributed by atoms with Crippen LogP contribution in [-0.2, 0) is 12.8 Å². The van der Waals surface area contributed by atoms with Crippen LogP contribution in [0.4, 0.5) is 5.69 Å². The number of benzene rings is 2. The van der Waals surface area contributed by atoms with Crippen molar-refractivity contribution in [3.63, 3.8) is 0 Å². The van der Waals surface area contributed by atoms with Gasteiger partial charge >= 0.3 is 0 Å². The molecule has 4 rings (SSSR count). The van der Waals surface area contributed by atoms with Crippen LogP contribution in [0.5, 0.6) is 0 Å². The van der Waals surface area contributed by atoms with E-state index in [1.165, 1.54) is 11.1 Å². The Hall–Kier alpha value is -3.07. The Morgan fingerprint density at radius 2 is 1.46 bits per heavy atom. The Morgan fingerprint density at radius 1 is 0.786 bits per heavy atom. The lowest BCUT2D eigenvalue weighted by atomic mass is 10.0. The van der Waals surface area contributed by atoms with Crippen LogP contribution in [0.25, 0.3) is 21.8 Å². The van der Waals surface area contributed by atoms with Crippen LogP contribution in [0.1, 0.15) is 44.0 Å². The second-order valence-electron chi connectivity index (χ2n) is 6.95. The summed E-state index contributed by atoms with van der Waals surface area (Å²) in [6.45, 7) is 6.52. The van der Waals surface area contributed by atoms with Gasteiger partial charge in [-0.05, 0) is 42.5 Å². The minimum absolute atomic E-state index is 0.831. The quantitative estimate of drug-likeness (QED) is 0.301. The first-order chi connectivity index (χ1) is 13.7. The molecule has 0 aliphatic rings. The predicted octanol–water partition coefficient (Wildman–Crippen LogP) is 6.44. The summed E-state index contributed by atoms with van der Waals surface area (Å²) in [5.74, 6) is 0. The van der Waals surface area contributed by atoms with Gasteiger partial charge in [0.1, 0.15) is 0 Å². The average molecular weight is 367 g/mol. The Balaban J connectivity index is 1.90. The average Bonchev–Trinajstić information content (AvgIpc) is 2.76. The highest BCUT2D eigenvalue weighted by Gasteiger charge is 2.11. The fraction of sp³-hybridized carbons (Fsp3) is 0.240. The fourth-order valence-electron chi connectivity index (χ4n) is 3.70. The van der Waals surface area contributed by atoms with Crippen molar-refractivity contribution in [1.29, 1.82) is 0 Å². The molecule has 0 atom stereocenters. The maximum atomic E-state index is 5.11. The number of aliphatic imine (C=N–C) groups is 1. The Bertz CT molecular complexity index is 1150. The van der Waals surface area contributed by atoms with Crippen molar-refractivity contribution < 1.29 is 0 Å². The van der Waals surface area contributed by atoms with Gasteiger partial charge in [0.2, 0.25) is 0 Å². The molecule has 0 saturated carbocycles. The minimum atomic E-state index is 0.831. The van der Waals surface area contributed by atoms with E-state index in [4.69, 9.17) is 9.98 Å². The molecule has 3 heteroatoms. The molecule has 0 saturated heterocycles. The molecule has 0 aliphatic carbocycles. The highest BCUT2D eigenvalue weighted by Crippen LogP contribution is 2.28. The Kier molecular flexibility index (Phi) is 5.16. The van der Waals surface area contributed by atoms with E-state index in [1.54, 1.807) is 0 Å². The molecule has 0 N–H and O–H groups in total. The number of aromatic nitrogens is 2. The first-order valence-electron chi connectivity index (χ1n) is 10.1. The van der Waals surface area contributed by atoms with Crippen molar-refractivity contribution in [2.24, 2.45) is 4.99 Å². The molecule has 2 aromatic carbocycles. The minimum Gasteiger partial charge on any atom is -0.254 e. The largest absolute Gasteiger partial charge is 0.254 e. The summed E-state index contributed by atoms with van der Waals surface area (Å²) in [6, 6.07) is 19.0. The summed E-state index contributed by atoms with van der Waals surface area (Å²) in [6.07, 6.45) is 4.61. The number of para-hydroxylation sites is 1. The molecule has 4 aromatic rings. The summed E-state index contributed by atoms with van der Waals surface area (Å²) in [4.78, 5) is 14.7. The van der Waals surface area contributed by atoms with E-state index in [-0.39, 0.29) is 0 Å². The molecule has 0 fully saturated rings. The SMILES string of the molecule is CCC(=Nc1c(CC)cccc1CC)c1ccc2ccc3cccnc3c2n1. The number of hydrogen-bond donors (Lipinski definition) is 0. The molecule has 0 bridgehead atoms. The zero-order valence-corrected chi connectivity index (χ0v) is 16.7. The maximum Gasteiger partial charge on any atom is 0.0972 e. The van der Waals surface area contributed by atoms with E-state index in [0.29, 0.717) is 0 Å². The van der Waals surface area contributed by atoms with Crippen molar-refractivity contribution >= 4 is 33.2 Å². The van der Waals surface area contributed by atoms with E-state index in [0.717, 1.165) is 58.2 Å². The maximum absolute atomic E-state index is 5.11. The van der Waals surface area contributed by atoms with Crippen molar-refractivity contribution in [3.8, 4) is 0 Å². The number of aryl methyl sites for hydroxylation is 2. The Labute approximate surface area is 166 Å². The van der Waals surface area contributed by atoms with Crippen molar-refractivity contribution in [1.82, 2.24) is 9.97 Å². The molecule has 3 nitrogen and oxygen atoms in total. The van der Waals surface area contributed by atoms with E-state index in [9.17, 15) is 0 Å². The number of nitrogens with zero attached hydrogens (tertiary/aromatic N) is 3. The normalized spacial score (nSPS) is 12.0. The summed E-state index contributed by atoms with van der Waals surface area (Å²) < 4.78 is 0. The summed E-state index contributed by atoms with van der Waals surface area (Å²) in [5.41, 5.74) is 7.53. The van der Waals surface area contributed by atoms with Gasteiger partial charge in [0.05, 0.1) is 28.1 Å². The van der Waals surface area contributed by atoms with Crippen molar-refractivity contribution in [2.45, 2.75) is 40.0 Å². The first-order valence-corrected chi connectivity index (χ1v) is 10.1. The second-order valence-corrected chi connectivity index (χ2v) is 6.95. The molecule has 0 spiro atoms. The lowest BCUT2D eigenvalue weighted by Gasteiger charge is -2.12. The standard InChI is InChI=1S/C25H25N3/c1-4-17-9-7-10-18(5-2)23(17)27-21(6-3)22-15-14-20-13-12-19-11-8-16-26-24(19)25(20)28-22/h7-16H,4-6H2,1-3H3. The summed E-state index contributed by atoms with van der Waals surface area (Å²) >= 11 is 0. The van der Waals surface area contributed by atoms with E-state index < -0.39 is 0 Å². The number of fused-ring (bicyclic) bond motifs is 3. The zero-order chi connectivity index (χ0) is 19.5. The molecule has 2 aromatic heterocycles. The van der Waals surface area contributed by atoms with Gasteiger partial charge in [-0.3, -0.25) is 9.98 Å². The molecule has 0 amide bonds. The third-order valence-corrected chi connectivity index (χ3v) is 5.27. The van der Waals surface area contributed by atoms with E-state index >= 15 is 0 Å². The molecular formula is C25H25N3. The number of rotatable bonds is 5. The van der Waals surface area contributed by atoms with Gasteiger partial charge in [0.25, 0.3) is 0 Å². The smallest absolute Gasteiger partial charge is 0.0972 e. The van der Waals surface area contributed by atoms with Gasteiger partial charge in [-0.1, -0.05) is 63.2 Å². The van der Waals surface area contributed by atoms with E-state index in [2.05, 4.69) is 74.3 Å². The topological polar surface area (TPSA) is 38.1 Å². The van der Waals surface area contributed by atoms with Crippen LogP contribution >= 0.6 is 0 Å². The van der Waals surface area contributed by atoms with Crippen LogP contribution in [0.2, 0.25) is 0 Å². The third kappa shape index (κ3) is 3.29. The van der Waals surface area contributed by atoms with Gasteiger partial charge in [-0.2, -0.15) is 0 Å². The van der Waals surface area contributed by atoms with Crippen LogP contribution in [0.3, 0.4) is 0 Å². The van der Waals surface area contributed by atoms with Crippen LogP contribution in [0, 0.1) is 0 Å². The molecule has 0 unspecified atom stereocenters. The lowest BCUT2D eigenvalue weighted by molar-refractivity contribution is 1.07. The zero-order valence-electron chi connectivity index (χ0n) is 16.7. The van der Waals surface area contributed by atoms with Crippen LogP contribution in [0.15, 0.2) is 65.8 Å². The van der Waals surface area contributed by atoms with Gasteiger partial charge < -0.3 is 0 Å². The number of hydrogen-bond acceptors (Lipinski definition) is 3. The van der Waals surface area contributed by atoms with Crippen molar-refractivity contribution in [2.75, 3.05) is 0 Å². The summed E-state index contributed by atoms with van der Waals surface area (Å²) in [5, 5.41) is 2.22. The van der Waals surface area contributed by atoms with Gasteiger partial charge in [0.15, 0.2) is 0 Å². The molecule has 140 valence electrons. The summed E-state index contributed by atoms with van der Waals surface area (Å²) in [7, 11) is 0. The monoisotopic (exact) mass is 367 g/mol. The van der Waals surface area contributed by atoms with Crippen LogP contribution in [-0.4, -0.2) is 15.7 Å². The second kappa shape index (κ2) is 7.89. The molecule has 2 heterocycles. The molecular weight excluding hydrogens is 342 g/mol. The van der Waals surface area contributed by atoms with E-state index in [1.807, 2.05) is 12.3 Å². The molecule has 28 heavy (non-hydrogen) atoms. The van der Waals surface area contributed by atoms with Gasteiger partial charge in [0, 0.05) is 17.0 Å². The highest BCUT2D eigenvalue weighted by molar-refractivity contribution is 6.06. The lowest BCUT2D eigenvalue weighted by Crippen LogP contribution is -2.03. The fourth-order valence-corrected chi connectivity index (χ4v) is 3.70. The van der Waals surface area contributed by atoms with Gasteiger partial charge in [-0.15, -0.1) is 0 Å².